The van der Waals surface area contributed by atoms with Crippen LogP contribution >= 0.6 is 0 Å². The number of benzene rings is 2. The number of nitrogens with zero attached hydrogens (tertiary/aromatic N) is 2. The molecule has 4 heteroatoms. The molecule has 0 spiro atoms. The molecule has 1 unspecified atom stereocenters. The van der Waals surface area contributed by atoms with Gasteiger partial charge < -0.3 is 5.32 Å². The maximum absolute atomic E-state index is 12.6. The van der Waals surface area contributed by atoms with Gasteiger partial charge in [0.15, 0.2) is 0 Å². The summed E-state index contributed by atoms with van der Waals surface area (Å²) in [5, 5.41) is 3.06. The predicted octanol–water partition coefficient (Wildman–Crippen LogP) is 3.53. The summed E-state index contributed by atoms with van der Waals surface area (Å²) >= 11 is 0. The second kappa shape index (κ2) is 8.97. The van der Waals surface area contributed by atoms with Crippen molar-refractivity contribution in [1.29, 1.82) is 0 Å². The van der Waals surface area contributed by atoms with Crippen molar-refractivity contribution in [3.05, 3.63) is 65.7 Å². The molecule has 1 saturated heterocycles. The van der Waals surface area contributed by atoms with Crippen LogP contribution in [0, 0.1) is 6.92 Å². The Morgan fingerprint density at radius 3 is 2.62 bits per heavy atom. The van der Waals surface area contributed by atoms with E-state index < -0.39 is 0 Å². The minimum atomic E-state index is -0.118. The van der Waals surface area contributed by atoms with Crippen molar-refractivity contribution in [2.75, 3.05) is 31.5 Å². The van der Waals surface area contributed by atoms with Gasteiger partial charge in [-0.2, -0.15) is 0 Å². The number of carbonyl (C=O) groups is 1. The van der Waals surface area contributed by atoms with Gasteiger partial charge in [0.1, 0.15) is 0 Å². The lowest BCUT2D eigenvalue weighted by Gasteiger charge is -2.27. The molecule has 3 rings (SSSR count). The lowest BCUT2D eigenvalue weighted by Crippen LogP contribution is -2.43. The number of rotatable bonds is 5. The summed E-state index contributed by atoms with van der Waals surface area (Å²) in [5.41, 5.74) is 3.38. The molecule has 1 heterocycles. The SMILES string of the molecule is Cc1cccc(NC(=O)C(C)N2CCCN(Cc3ccccc3)CC2)c1. The summed E-state index contributed by atoms with van der Waals surface area (Å²) in [6, 6.07) is 18.5. The lowest BCUT2D eigenvalue weighted by atomic mass is 10.2. The normalized spacial score (nSPS) is 17.5. The zero-order chi connectivity index (χ0) is 18.4. The third-order valence-corrected chi connectivity index (χ3v) is 5.08. The third kappa shape index (κ3) is 5.16. The summed E-state index contributed by atoms with van der Waals surface area (Å²) in [4.78, 5) is 17.4. The summed E-state index contributed by atoms with van der Waals surface area (Å²) in [7, 11) is 0. The Balaban J connectivity index is 1.53. The van der Waals surface area contributed by atoms with Gasteiger partial charge >= 0.3 is 0 Å². The molecule has 1 N–H and O–H groups in total. The van der Waals surface area contributed by atoms with Crippen LogP contribution in [0.3, 0.4) is 0 Å². The Hall–Kier alpha value is -2.17. The highest BCUT2D eigenvalue weighted by molar-refractivity contribution is 5.94. The van der Waals surface area contributed by atoms with E-state index in [0.717, 1.165) is 50.4 Å². The fraction of sp³-hybridized carbons (Fsp3) is 0.409. The van der Waals surface area contributed by atoms with Crippen LogP contribution in [-0.4, -0.2) is 47.9 Å². The zero-order valence-electron chi connectivity index (χ0n) is 15.8. The van der Waals surface area contributed by atoms with Crippen molar-refractivity contribution in [1.82, 2.24) is 9.80 Å². The molecule has 1 atom stereocenters. The van der Waals surface area contributed by atoms with Gasteiger partial charge in [-0.25, -0.2) is 0 Å². The average molecular weight is 351 g/mol. The summed E-state index contributed by atoms with van der Waals surface area (Å²) in [6.07, 6.45) is 1.09. The smallest absolute Gasteiger partial charge is 0.241 e. The van der Waals surface area contributed by atoms with E-state index in [9.17, 15) is 4.79 Å². The molecule has 1 fully saturated rings. The van der Waals surface area contributed by atoms with Gasteiger partial charge in [0.2, 0.25) is 5.91 Å². The number of nitrogens with one attached hydrogen (secondary N) is 1. The molecule has 2 aromatic carbocycles. The van der Waals surface area contributed by atoms with Gasteiger partial charge in [-0.1, -0.05) is 42.5 Å². The Kier molecular flexibility index (Phi) is 6.42. The molecular formula is C22H29N3O. The first-order chi connectivity index (χ1) is 12.6. The van der Waals surface area contributed by atoms with Crippen LogP contribution in [0.4, 0.5) is 5.69 Å². The number of amides is 1. The highest BCUT2D eigenvalue weighted by Crippen LogP contribution is 2.14. The molecule has 26 heavy (non-hydrogen) atoms. The van der Waals surface area contributed by atoms with E-state index in [-0.39, 0.29) is 11.9 Å². The quantitative estimate of drug-likeness (QED) is 0.895. The minimum Gasteiger partial charge on any atom is -0.325 e. The molecule has 0 saturated carbocycles. The van der Waals surface area contributed by atoms with Gasteiger partial charge in [-0.05, 0) is 50.1 Å². The molecule has 1 aliphatic heterocycles. The Morgan fingerprint density at radius 1 is 1.04 bits per heavy atom. The molecule has 1 aliphatic rings. The maximum Gasteiger partial charge on any atom is 0.241 e. The predicted molar refractivity (Wildman–Crippen MR) is 107 cm³/mol. The van der Waals surface area contributed by atoms with E-state index in [4.69, 9.17) is 0 Å². The first-order valence-electron chi connectivity index (χ1n) is 9.50. The van der Waals surface area contributed by atoms with Crippen molar-refractivity contribution in [2.45, 2.75) is 32.9 Å². The number of hydrogen-bond acceptors (Lipinski definition) is 3. The van der Waals surface area contributed by atoms with Crippen molar-refractivity contribution in [2.24, 2.45) is 0 Å². The van der Waals surface area contributed by atoms with Crippen LogP contribution in [0.25, 0.3) is 0 Å². The first-order valence-corrected chi connectivity index (χ1v) is 9.50. The molecule has 0 aliphatic carbocycles. The fourth-order valence-corrected chi connectivity index (χ4v) is 3.51. The van der Waals surface area contributed by atoms with Crippen LogP contribution in [0.5, 0.6) is 0 Å². The van der Waals surface area contributed by atoms with E-state index in [2.05, 4.69) is 45.4 Å². The highest BCUT2D eigenvalue weighted by Gasteiger charge is 2.24. The van der Waals surface area contributed by atoms with Gasteiger partial charge in [-0.15, -0.1) is 0 Å². The Morgan fingerprint density at radius 2 is 1.85 bits per heavy atom. The number of hydrogen-bond donors (Lipinski definition) is 1. The average Bonchev–Trinajstić information content (AvgIpc) is 2.87. The topological polar surface area (TPSA) is 35.6 Å². The Labute approximate surface area is 156 Å². The van der Waals surface area contributed by atoms with Crippen molar-refractivity contribution in [3.63, 3.8) is 0 Å². The zero-order valence-corrected chi connectivity index (χ0v) is 15.8. The van der Waals surface area contributed by atoms with E-state index in [0.29, 0.717) is 0 Å². The first kappa shape index (κ1) is 18.6. The second-order valence-electron chi connectivity index (χ2n) is 7.19. The summed E-state index contributed by atoms with van der Waals surface area (Å²) < 4.78 is 0. The molecule has 4 nitrogen and oxygen atoms in total. The second-order valence-corrected chi connectivity index (χ2v) is 7.19. The maximum atomic E-state index is 12.6. The van der Waals surface area contributed by atoms with Crippen LogP contribution in [0.15, 0.2) is 54.6 Å². The molecule has 1 amide bonds. The lowest BCUT2D eigenvalue weighted by molar-refractivity contribution is -0.120. The Bertz CT molecular complexity index is 716. The van der Waals surface area contributed by atoms with Gasteiger partial charge in [0, 0.05) is 31.9 Å². The standard InChI is InChI=1S/C22H29N3O/c1-18-8-6-11-21(16-18)23-22(26)19(2)25-13-7-12-24(14-15-25)17-20-9-4-3-5-10-20/h3-6,8-11,16,19H,7,12-15,17H2,1-2H3,(H,23,26). The van der Waals surface area contributed by atoms with E-state index >= 15 is 0 Å². The van der Waals surface area contributed by atoms with Crippen LogP contribution < -0.4 is 5.32 Å². The number of aryl methyl sites for hydroxylation is 1. The van der Waals surface area contributed by atoms with E-state index in [1.165, 1.54) is 5.56 Å². The molecular weight excluding hydrogens is 322 g/mol. The molecule has 0 radical (unpaired) electrons. The van der Waals surface area contributed by atoms with Gasteiger partial charge in [-0.3, -0.25) is 14.6 Å². The summed E-state index contributed by atoms with van der Waals surface area (Å²) in [5.74, 6) is 0.0760. The third-order valence-electron chi connectivity index (χ3n) is 5.08. The molecule has 2 aromatic rings. The largest absolute Gasteiger partial charge is 0.325 e. The van der Waals surface area contributed by atoms with Crippen molar-refractivity contribution >= 4 is 11.6 Å². The molecule has 138 valence electrons. The minimum absolute atomic E-state index is 0.0760. The van der Waals surface area contributed by atoms with Gasteiger partial charge in [0.25, 0.3) is 0 Å². The van der Waals surface area contributed by atoms with Crippen molar-refractivity contribution < 1.29 is 4.79 Å². The number of anilines is 1. The van der Waals surface area contributed by atoms with Crippen LogP contribution in [0.2, 0.25) is 0 Å². The van der Waals surface area contributed by atoms with E-state index in [1.807, 2.05) is 38.1 Å². The van der Waals surface area contributed by atoms with Crippen LogP contribution in [-0.2, 0) is 11.3 Å². The molecule has 0 aromatic heterocycles. The van der Waals surface area contributed by atoms with Crippen molar-refractivity contribution in [3.8, 4) is 0 Å². The number of carbonyl (C=O) groups excluding carboxylic acids is 1. The van der Waals surface area contributed by atoms with Crippen LogP contribution in [0.1, 0.15) is 24.5 Å². The summed E-state index contributed by atoms with van der Waals surface area (Å²) in [6.45, 7) is 9.00. The fourth-order valence-electron chi connectivity index (χ4n) is 3.51. The van der Waals surface area contributed by atoms with E-state index in [1.54, 1.807) is 0 Å². The monoisotopic (exact) mass is 351 g/mol. The molecule has 0 bridgehead atoms. The van der Waals surface area contributed by atoms with Gasteiger partial charge in [0.05, 0.1) is 6.04 Å². The highest BCUT2D eigenvalue weighted by atomic mass is 16.2.